The second-order valence-electron chi connectivity index (χ2n) is 2.95. The molecule has 0 aliphatic heterocycles. The Morgan fingerprint density at radius 1 is 1.50 bits per heavy atom. The maximum Gasteiger partial charge on any atom is 0.182 e. The molecule has 1 aromatic rings. The van der Waals surface area contributed by atoms with Gasteiger partial charge in [-0.3, -0.25) is 0 Å². The third kappa shape index (κ3) is 1.09. The van der Waals surface area contributed by atoms with Gasteiger partial charge in [0.2, 0.25) is 0 Å². The van der Waals surface area contributed by atoms with E-state index in [4.69, 9.17) is 10.5 Å². The third-order valence-electron chi connectivity index (χ3n) is 2.03. The highest BCUT2D eigenvalue weighted by Crippen LogP contribution is 2.43. The van der Waals surface area contributed by atoms with Crippen LogP contribution in [0.4, 0.5) is 5.82 Å². The predicted octanol–water partition coefficient (Wildman–Crippen LogP) is 0.945. The number of anilines is 1. The van der Waals surface area contributed by atoms with Crippen LogP contribution in [0.3, 0.4) is 0 Å². The molecule has 1 aliphatic rings. The number of nitrogens with two attached hydrogens (primary N) is 1. The Morgan fingerprint density at radius 3 is 2.83 bits per heavy atom. The minimum Gasteiger partial charge on any atom is -0.491 e. The summed E-state index contributed by atoms with van der Waals surface area (Å²) in [5.74, 6) is 1.64. The summed E-state index contributed by atoms with van der Waals surface area (Å²) in [4.78, 5) is 8.02. The van der Waals surface area contributed by atoms with Gasteiger partial charge in [0.25, 0.3) is 0 Å². The lowest BCUT2D eigenvalue weighted by atomic mass is 10.2. The fourth-order valence-electron chi connectivity index (χ4n) is 1.26. The Balaban J connectivity index is 2.43. The number of aromatic nitrogens is 2. The summed E-state index contributed by atoms with van der Waals surface area (Å²) in [7, 11) is 1.60. The van der Waals surface area contributed by atoms with Crippen LogP contribution in [0.25, 0.3) is 0 Å². The first-order chi connectivity index (χ1) is 5.83. The van der Waals surface area contributed by atoms with E-state index in [1.807, 2.05) is 0 Å². The number of ether oxygens (including phenoxy) is 1. The SMILES string of the molecule is COc1c(N)ncnc1C1CC1. The van der Waals surface area contributed by atoms with E-state index in [1.165, 1.54) is 19.2 Å². The molecule has 1 heterocycles. The average Bonchev–Trinajstić information content (AvgIpc) is 2.86. The van der Waals surface area contributed by atoms with Crippen LogP contribution >= 0.6 is 0 Å². The van der Waals surface area contributed by atoms with Gasteiger partial charge in [-0.05, 0) is 12.8 Å². The van der Waals surface area contributed by atoms with Crippen LogP contribution in [-0.4, -0.2) is 17.1 Å². The zero-order valence-electron chi connectivity index (χ0n) is 6.95. The second kappa shape index (κ2) is 2.62. The van der Waals surface area contributed by atoms with Gasteiger partial charge in [-0.1, -0.05) is 0 Å². The molecule has 0 saturated heterocycles. The molecule has 1 aliphatic carbocycles. The molecule has 64 valence electrons. The van der Waals surface area contributed by atoms with E-state index in [0.717, 1.165) is 5.69 Å². The largest absolute Gasteiger partial charge is 0.491 e. The molecule has 0 bridgehead atoms. The summed E-state index contributed by atoms with van der Waals surface area (Å²) in [5.41, 5.74) is 6.58. The Hall–Kier alpha value is -1.32. The normalized spacial score (nSPS) is 16.1. The summed E-state index contributed by atoms with van der Waals surface area (Å²) in [6.45, 7) is 0. The lowest BCUT2D eigenvalue weighted by Gasteiger charge is -2.06. The molecule has 4 heteroatoms. The van der Waals surface area contributed by atoms with Crippen LogP contribution in [-0.2, 0) is 0 Å². The third-order valence-corrected chi connectivity index (χ3v) is 2.03. The van der Waals surface area contributed by atoms with E-state index in [9.17, 15) is 0 Å². The Bertz CT molecular complexity index is 296. The van der Waals surface area contributed by atoms with Crippen molar-refractivity contribution in [2.75, 3.05) is 12.8 Å². The number of methoxy groups -OCH3 is 1. The molecule has 4 nitrogen and oxygen atoms in total. The lowest BCUT2D eigenvalue weighted by molar-refractivity contribution is 0.407. The van der Waals surface area contributed by atoms with Gasteiger partial charge in [0.15, 0.2) is 11.6 Å². The standard InChI is InChI=1S/C8H11N3O/c1-12-7-6(5-2-3-5)10-4-11-8(7)9/h4-5H,2-3H2,1H3,(H2,9,10,11). The first-order valence-electron chi connectivity index (χ1n) is 3.97. The first kappa shape index (κ1) is 7.34. The number of nitrogens with zero attached hydrogens (tertiary/aromatic N) is 2. The van der Waals surface area contributed by atoms with Crippen molar-refractivity contribution >= 4 is 5.82 Å². The maximum absolute atomic E-state index is 5.62. The average molecular weight is 165 g/mol. The molecular weight excluding hydrogens is 154 g/mol. The van der Waals surface area contributed by atoms with E-state index < -0.39 is 0 Å². The van der Waals surface area contributed by atoms with E-state index in [2.05, 4.69) is 9.97 Å². The molecule has 0 spiro atoms. The molecule has 0 amide bonds. The van der Waals surface area contributed by atoms with E-state index in [0.29, 0.717) is 17.5 Å². The summed E-state index contributed by atoms with van der Waals surface area (Å²) >= 11 is 0. The molecule has 1 saturated carbocycles. The minimum absolute atomic E-state index is 0.439. The first-order valence-corrected chi connectivity index (χ1v) is 3.97. The smallest absolute Gasteiger partial charge is 0.182 e. The van der Waals surface area contributed by atoms with Crippen molar-refractivity contribution in [2.45, 2.75) is 18.8 Å². The predicted molar refractivity (Wildman–Crippen MR) is 45.0 cm³/mol. The van der Waals surface area contributed by atoms with Gasteiger partial charge in [-0.2, -0.15) is 0 Å². The number of nitrogen functional groups attached to an aromatic ring is 1. The van der Waals surface area contributed by atoms with Crippen LogP contribution in [0.15, 0.2) is 6.33 Å². The quantitative estimate of drug-likeness (QED) is 0.708. The monoisotopic (exact) mass is 165 g/mol. The maximum atomic E-state index is 5.62. The number of hydrogen-bond donors (Lipinski definition) is 1. The zero-order valence-corrected chi connectivity index (χ0v) is 6.95. The number of hydrogen-bond acceptors (Lipinski definition) is 4. The van der Waals surface area contributed by atoms with Crippen LogP contribution in [0.5, 0.6) is 5.75 Å². The highest BCUT2D eigenvalue weighted by molar-refractivity contribution is 5.50. The topological polar surface area (TPSA) is 61.0 Å². The van der Waals surface area contributed by atoms with Gasteiger partial charge in [0.1, 0.15) is 6.33 Å². The van der Waals surface area contributed by atoms with Crippen molar-refractivity contribution < 1.29 is 4.74 Å². The van der Waals surface area contributed by atoms with Crippen LogP contribution in [0.2, 0.25) is 0 Å². The Kier molecular flexibility index (Phi) is 1.60. The van der Waals surface area contributed by atoms with Crippen molar-refractivity contribution in [3.05, 3.63) is 12.0 Å². The van der Waals surface area contributed by atoms with Gasteiger partial charge >= 0.3 is 0 Å². The molecule has 12 heavy (non-hydrogen) atoms. The van der Waals surface area contributed by atoms with Gasteiger partial charge in [0.05, 0.1) is 12.8 Å². The molecule has 0 unspecified atom stereocenters. The van der Waals surface area contributed by atoms with Crippen LogP contribution < -0.4 is 10.5 Å². The lowest BCUT2D eigenvalue weighted by Crippen LogP contribution is -2.01. The van der Waals surface area contributed by atoms with Crippen molar-refractivity contribution in [1.29, 1.82) is 0 Å². The van der Waals surface area contributed by atoms with Crippen molar-refractivity contribution in [1.82, 2.24) is 9.97 Å². The molecule has 0 aromatic carbocycles. The molecule has 2 rings (SSSR count). The Labute approximate surface area is 70.8 Å². The van der Waals surface area contributed by atoms with Gasteiger partial charge in [-0.25, -0.2) is 9.97 Å². The fourth-order valence-corrected chi connectivity index (χ4v) is 1.26. The number of rotatable bonds is 2. The van der Waals surface area contributed by atoms with Crippen LogP contribution in [0.1, 0.15) is 24.5 Å². The second-order valence-corrected chi connectivity index (χ2v) is 2.95. The fraction of sp³-hybridized carbons (Fsp3) is 0.500. The highest BCUT2D eigenvalue weighted by atomic mass is 16.5. The van der Waals surface area contributed by atoms with Gasteiger partial charge in [-0.15, -0.1) is 0 Å². The van der Waals surface area contributed by atoms with Crippen molar-refractivity contribution in [3.8, 4) is 5.75 Å². The molecule has 0 atom stereocenters. The van der Waals surface area contributed by atoms with Crippen molar-refractivity contribution in [3.63, 3.8) is 0 Å². The molecular formula is C8H11N3O. The highest BCUT2D eigenvalue weighted by Gasteiger charge is 2.29. The molecule has 1 fully saturated rings. The van der Waals surface area contributed by atoms with E-state index >= 15 is 0 Å². The molecule has 2 N–H and O–H groups in total. The van der Waals surface area contributed by atoms with Gasteiger partial charge in [0, 0.05) is 5.92 Å². The van der Waals surface area contributed by atoms with Crippen molar-refractivity contribution in [2.24, 2.45) is 0 Å². The Morgan fingerprint density at radius 2 is 2.25 bits per heavy atom. The van der Waals surface area contributed by atoms with E-state index in [1.54, 1.807) is 7.11 Å². The van der Waals surface area contributed by atoms with E-state index in [-0.39, 0.29) is 0 Å². The van der Waals surface area contributed by atoms with Gasteiger partial charge < -0.3 is 10.5 Å². The summed E-state index contributed by atoms with van der Waals surface area (Å²) in [6.07, 6.45) is 3.87. The zero-order chi connectivity index (χ0) is 8.55. The summed E-state index contributed by atoms with van der Waals surface area (Å²) in [6, 6.07) is 0. The summed E-state index contributed by atoms with van der Waals surface area (Å²) < 4.78 is 5.13. The molecule has 0 radical (unpaired) electrons. The van der Waals surface area contributed by atoms with Crippen LogP contribution in [0, 0.1) is 0 Å². The molecule has 1 aromatic heterocycles. The minimum atomic E-state index is 0.439. The summed E-state index contributed by atoms with van der Waals surface area (Å²) in [5, 5.41) is 0.